The molecule has 0 saturated heterocycles. The number of fused-ring (bicyclic) bond motifs is 1. The van der Waals surface area contributed by atoms with Gasteiger partial charge in [0.25, 0.3) is 5.56 Å². The van der Waals surface area contributed by atoms with Crippen LogP contribution in [0.25, 0.3) is 21.6 Å². The van der Waals surface area contributed by atoms with Crippen LogP contribution in [-0.2, 0) is 6.42 Å². The molecule has 4 rings (SSSR count). The van der Waals surface area contributed by atoms with E-state index in [2.05, 4.69) is 44.2 Å². The van der Waals surface area contributed by atoms with Gasteiger partial charge in [-0.25, -0.2) is 9.97 Å². The van der Waals surface area contributed by atoms with Gasteiger partial charge in [-0.15, -0.1) is 16.4 Å². The van der Waals surface area contributed by atoms with Crippen molar-refractivity contribution in [2.75, 3.05) is 0 Å². The fraction of sp³-hybridized carbons (Fsp3) is 0.300. The number of aromatic amines is 2. The largest absolute Gasteiger partial charge is 0.309 e. The maximum Gasteiger partial charge on any atom is 0.259 e. The van der Waals surface area contributed by atoms with Crippen LogP contribution in [0, 0.1) is 13.8 Å². The number of H-pyrrole nitrogens is 2. The predicted molar refractivity (Wildman–Crippen MR) is 115 cm³/mol. The van der Waals surface area contributed by atoms with Gasteiger partial charge < -0.3 is 4.98 Å². The topological polar surface area (TPSA) is 87.3 Å². The summed E-state index contributed by atoms with van der Waals surface area (Å²) in [6.07, 6.45) is 1.01. The third-order valence-corrected chi connectivity index (χ3v) is 6.90. The third-order valence-electron chi connectivity index (χ3n) is 4.83. The van der Waals surface area contributed by atoms with Gasteiger partial charge in [-0.3, -0.25) is 9.89 Å². The smallest absolute Gasteiger partial charge is 0.259 e. The number of nitrogens with one attached hydrogen (secondary N) is 2. The minimum absolute atomic E-state index is 0.0778. The second kappa shape index (κ2) is 7.52. The van der Waals surface area contributed by atoms with Crippen molar-refractivity contribution in [3.8, 4) is 11.4 Å². The highest BCUT2D eigenvalue weighted by atomic mass is 32.2. The van der Waals surface area contributed by atoms with Crippen LogP contribution in [0.4, 0.5) is 0 Å². The minimum Gasteiger partial charge on any atom is -0.309 e. The van der Waals surface area contributed by atoms with Crippen molar-refractivity contribution in [1.82, 2.24) is 25.1 Å². The van der Waals surface area contributed by atoms with Crippen LogP contribution in [0.5, 0.6) is 0 Å². The molecule has 3 heterocycles. The summed E-state index contributed by atoms with van der Waals surface area (Å²) in [7, 11) is 0. The Labute approximate surface area is 170 Å². The molecule has 0 aliphatic rings. The zero-order valence-electron chi connectivity index (χ0n) is 16.2. The summed E-state index contributed by atoms with van der Waals surface area (Å²) in [6.45, 7) is 8.11. The first-order chi connectivity index (χ1) is 13.5. The molecule has 3 aromatic heterocycles. The molecule has 4 aromatic rings. The number of thiophene rings is 1. The summed E-state index contributed by atoms with van der Waals surface area (Å²) in [6, 6.07) is 8.29. The average molecular weight is 412 g/mol. The standard InChI is InChI=1S/C20H21N5OS2/c1-5-13-6-8-14(9-7-13)17-23-20(25-24-17)28-12(4)16-21-18(26)15-10(2)11(3)27-19(15)22-16/h6-9,12H,5H2,1-4H3,(H,21,22,26)(H,23,24,25). The van der Waals surface area contributed by atoms with E-state index in [0.29, 0.717) is 16.4 Å². The van der Waals surface area contributed by atoms with Crippen molar-refractivity contribution < 1.29 is 0 Å². The van der Waals surface area contributed by atoms with E-state index in [-0.39, 0.29) is 10.8 Å². The summed E-state index contributed by atoms with van der Waals surface area (Å²) >= 11 is 3.02. The van der Waals surface area contributed by atoms with Crippen LogP contribution in [-0.4, -0.2) is 25.1 Å². The maximum absolute atomic E-state index is 12.5. The van der Waals surface area contributed by atoms with Crippen molar-refractivity contribution in [3.63, 3.8) is 0 Å². The van der Waals surface area contributed by atoms with Crippen LogP contribution in [0.15, 0.2) is 34.2 Å². The SMILES string of the molecule is CCc1ccc(-c2nc(SC(C)c3nc4sc(C)c(C)c4c(=O)[nH]3)n[nH]2)cc1. The molecule has 1 unspecified atom stereocenters. The van der Waals surface area contributed by atoms with Gasteiger partial charge in [-0.1, -0.05) is 43.0 Å². The lowest BCUT2D eigenvalue weighted by atomic mass is 10.1. The molecule has 0 radical (unpaired) electrons. The molecular formula is C20H21N5OS2. The van der Waals surface area contributed by atoms with Gasteiger partial charge in [0.15, 0.2) is 5.82 Å². The highest BCUT2D eigenvalue weighted by Crippen LogP contribution is 2.33. The predicted octanol–water partition coefficient (Wildman–Crippen LogP) is 4.80. The Kier molecular flexibility index (Phi) is 5.07. The molecule has 6 nitrogen and oxygen atoms in total. The molecule has 2 N–H and O–H groups in total. The van der Waals surface area contributed by atoms with Gasteiger partial charge in [0, 0.05) is 10.4 Å². The molecule has 1 aromatic carbocycles. The van der Waals surface area contributed by atoms with E-state index in [0.717, 1.165) is 33.1 Å². The Morgan fingerprint density at radius 2 is 1.93 bits per heavy atom. The zero-order valence-corrected chi connectivity index (χ0v) is 17.8. The quantitative estimate of drug-likeness (QED) is 0.461. The van der Waals surface area contributed by atoms with Crippen molar-refractivity contribution in [2.24, 2.45) is 0 Å². The zero-order chi connectivity index (χ0) is 19.8. The van der Waals surface area contributed by atoms with E-state index in [1.807, 2.05) is 32.9 Å². The number of aryl methyl sites for hydroxylation is 3. The number of thioether (sulfide) groups is 1. The summed E-state index contributed by atoms with van der Waals surface area (Å²) in [5.74, 6) is 1.38. The van der Waals surface area contributed by atoms with E-state index in [9.17, 15) is 4.79 Å². The number of benzene rings is 1. The van der Waals surface area contributed by atoms with Gasteiger partial charge in [0.05, 0.1) is 10.6 Å². The molecule has 28 heavy (non-hydrogen) atoms. The van der Waals surface area contributed by atoms with Crippen LogP contribution in [0.1, 0.15) is 40.9 Å². The van der Waals surface area contributed by atoms with E-state index in [4.69, 9.17) is 0 Å². The molecule has 0 aliphatic carbocycles. The molecule has 0 bridgehead atoms. The maximum atomic E-state index is 12.5. The molecule has 0 fully saturated rings. The molecule has 144 valence electrons. The molecule has 1 atom stereocenters. The molecular weight excluding hydrogens is 390 g/mol. The van der Waals surface area contributed by atoms with Crippen molar-refractivity contribution in [2.45, 2.75) is 44.5 Å². The third kappa shape index (κ3) is 3.49. The number of hydrogen-bond donors (Lipinski definition) is 2. The monoisotopic (exact) mass is 411 g/mol. The van der Waals surface area contributed by atoms with Gasteiger partial charge in [0.2, 0.25) is 5.16 Å². The lowest BCUT2D eigenvalue weighted by molar-refractivity contribution is 0.906. The molecule has 0 saturated carbocycles. The van der Waals surface area contributed by atoms with Gasteiger partial charge in [-0.05, 0) is 38.3 Å². The van der Waals surface area contributed by atoms with E-state index in [1.54, 1.807) is 11.3 Å². The Morgan fingerprint density at radius 3 is 2.64 bits per heavy atom. The van der Waals surface area contributed by atoms with E-state index < -0.39 is 0 Å². The normalized spacial score (nSPS) is 12.6. The lowest BCUT2D eigenvalue weighted by Gasteiger charge is -2.07. The van der Waals surface area contributed by atoms with Crippen molar-refractivity contribution >= 4 is 33.3 Å². The van der Waals surface area contributed by atoms with Crippen molar-refractivity contribution in [1.29, 1.82) is 0 Å². The second-order valence-electron chi connectivity index (χ2n) is 6.69. The molecule has 0 spiro atoms. The first-order valence-corrected chi connectivity index (χ1v) is 10.8. The first kappa shape index (κ1) is 18.9. The minimum atomic E-state index is -0.0824. The Hall–Kier alpha value is -2.45. The second-order valence-corrected chi connectivity index (χ2v) is 9.20. The van der Waals surface area contributed by atoms with Gasteiger partial charge >= 0.3 is 0 Å². The average Bonchev–Trinajstić information content (AvgIpc) is 3.26. The Balaban J connectivity index is 1.57. The van der Waals surface area contributed by atoms with Gasteiger partial charge in [0.1, 0.15) is 10.7 Å². The van der Waals surface area contributed by atoms with E-state index >= 15 is 0 Å². The fourth-order valence-corrected chi connectivity index (χ4v) is 4.82. The summed E-state index contributed by atoms with van der Waals surface area (Å²) in [5, 5.41) is 8.55. The highest BCUT2D eigenvalue weighted by molar-refractivity contribution is 7.99. The van der Waals surface area contributed by atoms with Crippen LogP contribution >= 0.6 is 23.1 Å². The highest BCUT2D eigenvalue weighted by Gasteiger charge is 2.18. The van der Waals surface area contributed by atoms with Crippen LogP contribution in [0.2, 0.25) is 0 Å². The molecule has 0 aliphatic heterocycles. The number of aromatic nitrogens is 5. The number of rotatable bonds is 5. The van der Waals surface area contributed by atoms with E-state index in [1.165, 1.54) is 17.3 Å². The lowest BCUT2D eigenvalue weighted by Crippen LogP contribution is -2.12. The van der Waals surface area contributed by atoms with Crippen molar-refractivity contribution in [3.05, 3.63) is 56.4 Å². The fourth-order valence-electron chi connectivity index (χ4n) is 3.00. The number of hydrogen-bond acceptors (Lipinski definition) is 6. The Morgan fingerprint density at radius 1 is 1.18 bits per heavy atom. The van der Waals surface area contributed by atoms with Crippen LogP contribution < -0.4 is 5.56 Å². The summed E-state index contributed by atoms with van der Waals surface area (Å²) in [5.41, 5.74) is 3.21. The summed E-state index contributed by atoms with van der Waals surface area (Å²) in [4.78, 5) is 26.6. The first-order valence-electron chi connectivity index (χ1n) is 9.14. The van der Waals surface area contributed by atoms with Gasteiger partial charge in [-0.2, -0.15) is 0 Å². The summed E-state index contributed by atoms with van der Waals surface area (Å²) < 4.78 is 0. The molecule has 8 heteroatoms. The molecule has 0 amide bonds. The van der Waals surface area contributed by atoms with Crippen LogP contribution in [0.3, 0.4) is 0 Å². The Bertz CT molecular complexity index is 1190. The number of nitrogens with zero attached hydrogens (tertiary/aromatic N) is 3.